The average Bonchev–Trinajstić information content (AvgIpc) is 2.03. The first-order valence-corrected chi connectivity index (χ1v) is 4.52. The predicted molar refractivity (Wildman–Crippen MR) is 49.4 cm³/mol. The molecule has 0 aromatic rings. The zero-order chi connectivity index (χ0) is 9.56. The fourth-order valence-corrected chi connectivity index (χ4v) is 0.886. The van der Waals surface area contributed by atoms with E-state index < -0.39 is 10.8 Å². The summed E-state index contributed by atoms with van der Waals surface area (Å²) in [5, 5.41) is 8.42. The van der Waals surface area contributed by atoms with E-state index in [1.54, 1.807) is 0 Å². The van der Waals surface area contributed by atoms with E-state index in [4.69, 9.17) is 5.11 Å². The number of allylic oxidation sites excluding steroid dienone is 2. The summed E-state index contributed by atoms with van der Waals surface area (Å²) in [6.07, 6.45) is 4.54. The van der Waals surface area contributed by atoms with E-state index in [0.717, 1.165) is 0 Å². The van der Waals surface area contributed by atoms with Crippen LogP contribution in [-0.2, 0) is 9.59 Å². The van der Waals surface area contributed by atoms with E-state index in [0.29, 0.717) is 6.42 Å². The van der Waals surface area contributed by atoms with E-state index in [9.17, 15) is 9.59 Å². The Morgan fingerprint density at radius 1 is 1.58 bits per heavy atom. The van der Waals surface area contributed by atoms with Gasteiger partial charge in [0.25, 0.3) is 0 Å². The lowest BCUT2D eigenvalue weighted by Gasteiger charge is -2.00. The molecule has 0 spiro atoms. The van der Waals surface area contributed by atoms with Gasteiger partial charge in [-0.25, -0.2) is 0 Å². The van der Waals surface area contributed by atoms with Crippen molar-refractivity contribution in [1.29, 1.82) is 0 Å². The molecule has 0 saturated carbocycles. The number of ketones is 1. The molecule has 4 heteroatoms. The maximum atomic E-state index is 11.0. The lowest BCUT2D eigenvalue weighted by atomic mass is 10.1. The van der Waals surface area contributed by atoms with Crippen molar-refractivity contribution in [2.24, 2.45) is 0 Å². The molecule has 0 aromatic carbocycles. The third-order valence-electron chi connectivity index (χ3n) is 1.29. The van der Waals surface area contributed by atoms with Gasteiger partial charge < -0.3 is 5.11 Å². The zero-order valence-electron chi connectivity index (χ0n) is 6.79. The molecule has 0 aliphatic heterocycles. The monoisotopic (exact) mass is 234 g/mol. The number of hydrogen-bond donors (Lipinski definition) is 1. The summed E-state index contributed by atoms with van der Waals surface area (Å²) in [5.74, 6) is -1.42. The van der Waals surface area contributed by atoms with Crippen molar-refractivity contribution >= 4 is 27.7 Å². The summed E-state index contributed by atoms with van der Waals surface area (Å²) >= 11 is 2.79. The molecule has 0 bridgehead atoms. The third kappa shape index (κ3) is 4.28. The van der Waals surface area contributed by atoms with Gasteiger partial charge in [0.05, 0.1) is 0 Å². The lowest BCUT2D eigenvalue weighted by molar-refractivity contribution is -0.139. The largest absolute Gasteiger partial charge is 0.480 e. The minimum absolute atomic E-state index is 0.270. The Morgan fingerprint density at radius 2 is 2.17 bits per heavy atom. The van der Waals surface area contributed by atoms with Crippen LogP contribution in [0.2, 0.25) is 0 Å². The molecule has 0 aliphatic rings. The van der Waals surface area contributed by atoms with Gasteiger partial charge >= 0.3 is 5.97 Å². The molecule has 0 aliphatic carbocycles. The standard InChI is InChI=1S/C8H11BrO3/c1-2-3-4-5-6(10)7(9)8(11)12/h2-3,7H,4-5H2,1H3,(H,11,12). The topological polar surface area (TPSA) is 54.4 Å². The molecule has 0 fully saturated rings. The van der Waals surface area contributed by atoms with Crippen LogP contribution in [0.5, 0.6) is 0 Å². The van der Waals surface area contributed by atoms with Crippen molar-refractivity contribution in [1.82, 2.24) is 0 Å². The smallest absolute Gasteiger partial charge is 0.324 e. The van der Waals surface area contributed by atoms with Crippen LogP contribution in [0, 0.1) is 0 Å². The molecule has 0 aromatic heterocycles. The number of hydrogen-bond acceptors (Lipinski definition) is 2. The summed E-state index contributed by atoms with van der Waals surface area (Å²) < 4.78 is 0. The molecule has 0 radical (unpaired) electrons. The molecule has 0 amide bonds. The molecule has 0 rings (SSSR count). The summed E-state index contributed by atoms with van der Waals surface area (Å²) in [6.45, 7) is 1.85. The van der Waals surface area contributed by atoms with Crippen LogP contribution < -0.4 is 0 Å². The summed E-state index contributed by atoms with van der Waals surface area (Å²) in [7, 11) is 0. The number of carboxylic acids is 1. The molecule has 68 valence electrons. The van der Waals surface area contributed by atoms with Crippen LogP contribution >= 0.6 is 15.9 Å². The van der Waals surface area contributed by atoms with Gasteiger partial charge in [-0.3, -0.25) is 9.59 Å². The molecular formula is C8H11BrO3. The minimum Gasteiger partial charge on any atom is -0.480 e. The predicted octanol–water partition coefficient (Wildman–Crippen LogP) is 1.76. The van der Waals surface area contributed by atoms with Crippen molar-refractivity contribution in [3.8, 4) is 0 Å². The van der Waals surface area contributed by atoms with E-state index in [-0.39, 0.29) is 12.2 Å². The van der Waals surface area contributed by atoms with Crippen LogP contribution in [0.4, 0.5) is 0 Å². The van der Waals surface area contributed by atoms with Crippen molar-refractivity contribution in [2.45, 2.75) is 24.6 Å². The number of carbonyl (C=O) groups excluding carboxylic acids is 1. The molecular weight excluding hydrogens is 224 g/mol. The molecule has 1 unspecified atom stereocenters. The highest BCUT2D eigenvalue weighted by Gasteiger charge is 2.20. The second kappa shape index (κ2) is 5.94. The van der Waals surface area contributed by atoms with Crippen LogP contribution in [0.1, 0.15) is 19.8 Å². The van der Waals surface area contributed by atoms with Crippen molar-refractivity contribution in [2.75, 3.05) is 0 Å². The maximum Gasteiger partial charge on any atom is 0.324 e. The van der Waals surface area contributed by atoms with Gasteiger partial charge in [-0.2, -0.15) is 0 Å². The highest BCUT2D eigenvalue weighted by molar-refractivity contribution is 9.10. The van der Waals surface area contributed by atoms with Crippen molar-refractivity contribution < 1.29 is 14.7 Å². The summed E-state index contributed by atoms with van der Waals surface area (Å²) in [4.78, 5) is 20.2. The number of alkyl halides is 1. The van der Waals surface area contributed by atoms with Gasteiger partial charge in [-0.15, -0.1) is 0 Å². The summed E-state index contributed by atoms with van der Waals surface area (Å²) in [6, 6.07) is 0. The number of rotatable bonds is 5. The first-order chi connectivity index (χ1) is 5.59. The Kier molecular flexibility index (Phi) is 5.62. The Balaban J connectivity index is 3.80. The Morgan fingerprint density at radius 3 is 2.58 bits per heavy atom. The Labute approximate surface area is 79.6 Å². The van der Waals surface area contributed by atoms with Gasteiger partial charge in [0.2, 0.25) is 0 Å². The van der Waals surface area contributed by atoms with Gasteiger partial charge in [0.1, 0.15) is 0 Å². The molecule has 0 heterocycles. The molecule has 1 atom stereocenters. The molecule has 0 saturated heterocycles. The van der Waals surface area contributed by atoms with Gasteiger partial charge in [-0.05, 0) is 13.3 Å². The zero-order valence-corrected chi connectivity index (χ0v) is 8.37. The SMILES string of the molecule is CC=CCCC(=O)C(Br)C(=O)O. The number of halogens is 1. The average molecular weight is 235 g/mol. The number of Topliss-reactive ketones (excluding diaryl/α,β-unsaturated/α-hetero) is 1. The lowest BCUT2D eigenvalue weighted by Crippen LogP contribution is -2.23. The maximum absolute atomic E-state index is 11.0. The number of carbonyl (C=O) groups is 2. The minimum atomic E-state index is -1.12. The highest BCUT2D eigenvalue weighted by atomic mass is 79.9. The Hall–Kier alpha value is -0.640. The quantitative estimate of drug-likeness (QED) is 0.448. The first kappa shape index (κ1) is 11.4. The van der Waals surface area contributed by atoms with Crippen molar-refractivity contribution in [3.05, 3.63) is 12.2 Å². The van der Waals surface area contributed by atoms with Crippen LogP contribution in [0.25, 0.3) is 0 Å². The van der Waals surface area contributed by atoms with Gasteiger partial charge in [0.15, 0.2) is 10.6 Å². The second-order valence-corrected chi connectivity index (χ2v) is 3.19. The Bertz CT molecular complexity index is 198. The summed E-state index contributed by atoms with van der Waals surface area (Å²) in [5.41, 5.74) is 0. The van der Waals surface area contributed by atoms with E-state index in [1.165, 1.54) is 0 Å². The van der Waals surface area contributed by atoms with E-state index in [1.807, 2.05) is 19.1 Å². The van der Waals surface area contributed by atoms with E-state index >= 15 is 0 Å². The third-order valence-corrected chi connectivity index (χ3v) is 2.19. The first-order valence-electron chi connectivity index (χ1n) is 3.60. The van der Waals surface area contributed by atoms with Crippen LogP contribution in [0.15, 0.2) is 12.2 Å². The second-order valence-electron chi connectivity index (χ2n) is 2.27. The van der Waals surface area contributed by atoms with Gasteiger partial charge in [0, 0.05) is 6.42 Å². The van der Waals surface area contributed by atoms with Crippen molar-refractivity contribution in [3.63, 3.8) is 0 Å². The van der Waals surface area contributed by atoms with E-state index in [2.05, 4.69) is 15.9 Å². The molecule has 12 heavy (non-hydrogen) atoms. The number of aliphatic carboxylic acids is 1. The highest BCUT2D eigenvalue weighted by Crippen LogP contribution is 2.06. The fraction of sp³-hybridized carbons (Fsp3) is 0.500. The fourth-order valence-electron chi connectivity index (χ4n) is 0.657. The molecule has 1 N–H and O–H groups in total. The van der Waals surface area contributed by atoms with Crippen LogP contribution in [-0.4, -0.2) is 21.7 Å². The van der Waals surface area contributed by atoms with Crippen LogP contribution in [0.3, 0.4) is 0 Å². The normalized spacial score (nSPS) is 13.2. The van der Waals surface area contributed by atoms with Gasteiger partial charge in [-0.1, -0.05) is 28.1 Å². The molecule has 3 nitrogen and oxygen atoms in total. The number of carboxylic acid groups (broad SMARTS) is 1.